The summed E-state index contributed by atoms with van der Waals surface area (Å²) < 4.78 is 43.2. The number of hydrogen-bond donors (Lipinski definition) is 1. The van der Waals surface area contributed by atoms with Crippen molar-refractivity contribution in [2.45, 2.75) is 122 Å². The second-order valence-electron chi connectivity index (χ2n) is 12.8. The van der Waals surface area contributed by atoms with Crippen LogP contribution in [0.2, 0.25) is 0 Å². The first kappa shape index (κ1) is 34.1. The number of likely N-dealkylation sites (tertiary alicyclic amines) is 2. The maximum atomic E-state index is 13.2. The van der Waals surface area contributed by atoms with E-state index in [2.05, 4.69) is 21.9 Å². The Labute approximate surface area is 257 Å². The van der Waals surface area contributed by atoms with Gasteiger partial charge in [-0.1, -0.05) is 44.2 Å². The predicted octanol–water partition coefficient (Wildman–Crippen LogP) is 5.96. The summed E-state index contributed by atoms with van der Waals surface area (Å²) in [5.41, 5.74) is 0.974. The third-order valence-corrected chi connectivity index (χ3v) is 9.92. The predicted molar refractivity (Wildman–Crippen MR) is 155 cm³/mol. The lowest BCUT2D eigenvalue weighted by atomic mass is 9.80. The average Bonchev–Trinajstić information content (AvgIpc) is 3.46. The molecule has 1 aliphatic carbocycles. The smallest absolute Gasteiger partial charge is 0.475 e. The summed E-state index contributed by atoms with van der Waals surface area (Å²) in [5.74, 6) is -1.47. The highest BCUT2D eigenvalue weighted by molar-refractivity contribution is 5.96. The minimum atomic E-state index is -5.08. The average molecular weight is 629 g/mol. The van der Waals surface area contributed by atoms with Crippen molar-refractivity contribution in [3.63, 3.8) is 0 Å². The van der Waals surface area contributed by atoms with Crippen molar-refractivity contribution in [3.05, 3.63) is 17.0 Å². The molecule has 1 aromatic heterocycles. The van der Waals surface area contributed by atoms with E-state index < -0.39 is 12.1 Å². The normalized spacial score (nSPS) is 23.4. The molecule has 4 heterocycles. The van der Waals surface area contributed by atoms with E-state index in [-0.39, 0.29) is 23.6 Å². The number of carboxylic acid groups (broad SMARTS) is 1. The number of aryl methyl sites for hydroxylation is 2. The number of halogens is 3. The highest BCUT2D eigenvalue weighted by atomic mass is 19.4. The number of unbranched alkanes of at least 4 members (excludes halogenated alkanes) is 1. The van der Waals surface area contributed by atoms with E-state index in [1.807, 2.05) is 18.7 Å². The molecule has 10 nitrogen and oxygen atoms in total. The fraction of sp³-hybridized carbons (Fsp3) is 0.806. The van der Waals surface area contributed by atoms with Gasteiger partial charge < -0.3 is 24.2 Å². The van der Waals surface area contributed by atoms with Crippen molar-refractivity contribution in [1.29, 1.82) is 0 Å². The molecule has 0 aromatic carbocycles. The molecule has 0 radical (unpaired) electrons. The third-order valence-electron chi connectivity index (χ3n) is 9.92. The van der Waals surface area contributed by atoms with Gasteiger partial charge in [-0.05, 0) is 51.9 Å². The quantitative estimate of drug-likeness (QED) is 0.394. The van der Waals surface area contributed by atoms with E-state index in [4.69, 9.17) is 19.2 Å². The van der Waals surface area contributed by atoms with Gasteiger partial charge in [0.25, 0.3) is 5.91 Å². The van der Waals surface area contributed by atoms with E-state index in [0.29, 0.717) is 29.0 Å². The van der Waals surface area contributed by atoms with Crippen LogP contribution in [0.25, 0.3) is 0 Å². The molecule has 1 atom stereocenters. The van der Waals surface area contributed by atoms with Gasteiger partial charge in [-0.2, -0.15) is 13.2 Å². The molecule has 248 valence electrons. The molecular weight excluding hydrogens is 581 g/mol. The van der Waals surface area contributed by atoms with Crippen molar-refractivity contribution in [1.82, 2.24) is 19.9 Å². The lowest BCUT2D eigenvalue weighted by Gasteiger charge is -2.46. The zero-order valence-electron chi connectivity index (χ0n) is 26.2. The van der Waals surface area contributed by atoms with Crippen LogP contribution in [0, 0.1) is 19.8 Å². The lowest BCUT2D eigenvalue weighted by molar-refractivity contribution is -0.192. The van der Waals surface area contributed by atoms with Crippen molar-refractivity contribution in [3.8, 4) is 0 Å². The topological polar surface area (TPSA) is 116 Å². The van der Waals surface area contributed by atoms with E-state index in [1.165, 1.54) is 32.1 Å². The summed E-state index contributed by atoms with van der Waals surface area (Å²) in [5, 5.41) is 11.1. The van der Waals surface area contributed by atoms with Gasteiger partial charge in [-0.25, -0.2) is 9.59 Å². The molecule has 5 rings (SSSR count). The first-order valence-electron chi connectivity index (χ1n) is 16.1. The molecule has 1 N–H and O–H groups in total. The van der Waals surface area contributed by atoms with Crippen LogP contribution in [0.1, 0.15) is 106 Å². The van der Waals surface area contributed by atoms with Crippen molar-refractivity contribution in [2.75, 3.05) is 32.7 Å². The zero-order chi connectivity index (χ0) is 32.1. The van der Waals surface area contributed by atoms with E-state index in [1.54, 1.807) is 0 Å². The number of rotatable bonds is 7. The number of piperidine rings is 2. The van der Waals surface area contributed by atoms with Gasteiger partial charge >= 0.3 is 18.2 Å². The molecule has 2 amide bonds. The number of aromatic nitrogens is 1. The number of hydrogen-bond acceptors (Lipinski definition) is 7. The number of amides is 2. The van der Waals surface area contributed by atoms with Crippen LogP contribution in [0.4, 0.5) is 18.0 Å². The van der Waals surface area contributed by atoms with Gasteiger partial charge in [-0.15, -0.1) is 0 Å². The molecule has 13 heteroatoms. The van der Waals surface area contributed by atoms with E-state index >= 15 is 0 Å². The second kappa shape index (κ2) is 14.5. The third kappa shape index (κ3) is 7.87. The molecular formula is C31H47F3N4O6. The molecule has 4 fully saturated rings. The Hall–Kier alpha value is -2.83. The number of nitrogens with zero attached hydrogens (tertiary/aromatic N) is 4. The van der Waals surface area contributed by atoms with Gasteiger partial charge in [0.05, 0.1) is 11.7 Å². The second-order valence-corrected chi connectivity index (χ2v) is 12.8. The van der Waals surface area contributed by atoms with Crippen LogP contribution < -0.4 is 0 Å². The van der Waals surface area contributed by atoms with E-state index in [9.17, 15) is 22.8 Å². The summed E-state index contributed by atoms with van der Waals surface area (Å²) in [4.78, 5) is 41.8. The van der Waals surface area contributed by atoms with Crippen LogP contribution in [0.15, 0.2) is 4.52 Å². The van der Waals surface area contributed by atoms with Crippen molar-refractivity contribution >= 4 is 18.0 Å². The minimum absolute atomic E-state index is 0.0435. The summed E-state index contributed by atoms with van der Waals surface area (Å²) in [7, 11) is 0. The summed E-state index contributed by atoms with van der Waals surface area (Å²) in [6.07, 6.45) is 8.45. The molecule has 1 spiro atoms. The standard InChI is InChI=1S/C29H46N4O4.C2HF3O2/c1-4-5-11-25-29(36-28(35)33(25)20-23-9-7-6-8-10-23)14-18-31(19-15-29)24-12-16-32(17-13-24)27(34)26-21(2)30-37-22(26)3;3-2(4,5)1(6)7/h23-25H,4-20H2,1-3H3;(H,6,7). The number of carbonyl (C=O) groups excluding carboxylic acids is 2. The molecule has 1 aromatic rings. The number of carbonyl (C=O) groups is 3. The highest BCUT2D eigenvalue weighted by Crippen LogP contribution is 2.43. The van der Waals surface area contributed by atoms with Crippen molar-refractivity contribution in [2.24, 2.45) is 5.92 Å². The zero-order valence-corrected chi connectivity index (χ0v) is 26.2. The van der Waals surface area contributed by atoms with Gasteiger partial charge in [0.2, 0.25) is 0 Å². The molecule has 44 heavy (non-hydrogen) atoms. The maximum absolute atomic E-state index is 13.2. The number of ether oxygens (including phenoxy) is 1. The maximum Gasteiger partial charge on any atom is 0.490 e. The fourth-order valence-electron chi connectivity index (χ4n) is 7.46. The SMILES string of the molecule is CCCCC1N(CC2CCCCC2)C(=O)OC12CCN(C1CCN(C(=O)c3c(C)noc3C)CC1)CC2.O=C(O)C(F)(F)F. The molecule has 4 aliphatic rings. The van der Waals surface area contributed by atoms with Crippen LogP contribution in [0.3, 0.4) is 0 Å². The van der Waals surface area contributed by atoms with Gasteiger partial charge in [0, 0.05) is 51.6 Å². The number of alkyl halides is 3. The molecule has 3 aliphatic heterocycles. The number of aliphatic carboxylic acids is 1. The monoisotopic (exact) mass is 628 g/mol. The summed E-state index contributed by atoms with van der Waals surface area (Å²) in [6, 6.07) is 0.703. The Morgan fingerprint density at radius 3 is 2.16 bits per heavy atom. The lowest BCUT2D eigenvalue weighted by Crippen LogP contribution is -2.56. The molecule has 0 bridgehead atoms. The molecule has 1 unspecified atom stereocenters. The Balaban J connectivity index is 0.000000566. The van der Waals surface area contributed by atoms with Crippen LogP contribution in [0.5, 0.6) is 0 Å². The highest BCUT2D eigenvalue weighted by Gasteiger charge is 2.55. The minimum Gasteiger partial charge on any atom is -0.475 e. The molecule has 1 saturated carbocycles. The van der Waals surface area contributed by atoms with Crippen LogP contribution >= 0.6 is 0 Å². The Kier molecular flexibility index (Phi) is 11.2. The van der Waals surface area contributed by atoms with Crippen molar-refractivity contribution < 1.29 is 41.9 Å². The number of carboxylic acids is 1. The Morgan fingerprint density at radius 1 is 1.02 bits per heavy atom. The Bertz CT molecular complexity index is 1120. The van der Waals surface area contributed by atoms with Gasteiger partial charge in [-0.3, -0.25) is 9.69 Å². The van der Waals surface area contributed by atoms with Gasteiger partial charge in [0.15, 0.2) is 0 Å². The first-order valence-corrected chi connectivity index (χ1v) is 16.1. The van der Waals surface area contributed by atoms with Crippen LogP contribution in [-0.4, -0.2) is 99.5 Å². The first-order chi connectivity index (χ1) is 20.9. The largest absolute Gasteiger partial charge is 0.490 e. The van der Waals surface area contributed by atoms with Crippen LogP contribution in [-0.2, 0) is 9.53 Å². The summed E-state index contributed by atoms with van der Waals surface area (Å²) >= 11 is 0. The summed E-state index contributed by atoms with van der Waals surface area (Å²) in [6.45, 7) is 10.2. The molecule has 3 saturated heterocycles. The Morgan fingerprint density at radius 2 is 1.64 bits per heavy atom. The van der Waals surface area contributed by atoms with E-state index in [0.717, 1.165) is 77.7 Å². The fourth-order valence-corrected chi connectivity index (χ4v) is 7.46. The van der Waals surface area contributed by atoms with Gasteiger partial charge in [0.1, 0.15) is 16.9 Å².